The van der Waals surface area contributed by atoms with E-state index in [1.807, 2.05) is 0 Å². The molecule has 20 heavy (non-hydrogen) atoms. The maximum atomic E-state index is 11.7. The number of amides is 2. The highest BCUT2D eigenvalue weighted by Gasteiger charge is 2.45. The third kappa shape index (κ3) is 4.11. The molecular weight excluding hydrogens is 264 g/mol. The number of nitrogens with one attached hydrogen (secondary N) is 2. The molecule has 2 unspecified atom stereocenters. The summed E-state index contributed by atoms with van der Waals surface area (Å²) in [6.07, 6.45) is 2.07. The Balaban J connectivity index is 2.35. The summed E-state index contributed by atoms with van der Waals surface area (Å²) in [5, 5.41) is 14.4. The quantitative estimate of drug-likeness (QED) is 0.629. The minimum absolute atomic E-state index is 0.0993. The summed E-state index contributed by atoms with van der Waals surface area (Å²) in [5.74, 6) is -1.27. The number of aliphatic carboxylic acids is 1. The molecule has 7 nitrogen and oxygen atoms in total. The second-order valence-electron chi connectivity index (χ2n) is 5.12. The summed E-state index contributed by atoms with van der Waals surface area (Å²) < 4.78 is 4.73. The van der Waals surface area contributed by atoms with Gasteiger partial charge in [-0.3, -0.25) is 9.59 Å². The molecule has 0 aliphatic heterocycles. The zero-order valence-electron chi connectivity index (χ0n) is 11.9. The van der Waals surface area contributed by atoms with E-state index < -0.39 is 17.4 Å². The van der Waals surface area contributed by atoms with E-state index in [0.29, 0.717) is 19.4 Å². The monoisotopic (exact) mass is 286 g/mol. The van der Waals surface area contributed by atoms with Gasteiger partial charge in [0.25, 0.3) is 0 Å². The van der Waals surface area contributed by atoms with Gasteiger partial charge in [0.2, 0.25) is 0 Å². The molecule has 2 atom stereocenters. The Morgan fingerprint density at radius 2 is 2.10 bits per heavy atom. The molecule has 1 aliphatic rings. The Morgan fingerprint density at radius 1 is 1.40 bits per heavy atom. The van der Waals surface area contributed by atoms with E-state index in [1.165, 1.54) is 0 Å². The molecular formula is C13H22N2O5. The first-order valence-electron chi connectivity index (χ1n) is 6.83. The molecule has 0 bridgehead atoms. The lowest BCUT2D eigenvalue weighted by atomic mass is 9.85. The van der Waals surface area contributed by atoms with Crippen LogP contribution in [0.15, 0.2) is 0 Å². The van der Waals surface area contributed by atoms with Crippen LogP contribution in [0.3, 0.4) is 0 Å². The van der Waals surface area contributed by atoms with Gasteiger partial charge >= 0.3 is 18.0 Å². The fraction of sp³-hybridized carbons (Fsp3) is 0.769. The second-order valence-corrected chi connectivity index (χ2v) is 5.12. The van der Waals surface area contributed by atoms with Crippen molar-refractivity contribution in [2.45, 2.75) is 45.6 Å². The zero-order chi connectivity index (χ0) is 15.2. The van der Waals surface area contributed by atoms with Crippen molar-refractivity contribution in [2.75, 3.05) is 13.2 Å². The lowest BCUT2D eigenvalue weighted by molar-refractivity contribution is -0.148. The van der Waals surface area contributed by atoms with Crippen molar-refractivity contribution in [1.29, 1.82) is 0 Å². The van der Waals surface area contributed by atoms with Gasteiger partial charge in [-0.05, 0) is 26.7 Å². The molecule has 1 rings (SSSR count). The number of carboxylic acid groups (broad SMARTS) is 1. The smallest absolute Gasteiger partial charge is 0.315 e. The lowest BCUT2D eigenvalue weighted by Gasteiger charge is -2.27. The van der Waals surface area contributed by atoms with Gasteiger partial charge in [-0.1, -0.05) is 6.42 Å². The molecule has 0 saturated heterocycles. The number of hydrogen-bond donors (Lipinski definition) is 3. The predicted molar refractivity (Wildman–Crippen MR) is 71.2 cm³/mol. The van der Waals surface area contributed by atoms with Gasteiger partial charge < -0.3 is 20.5 Å². The molecule has 0 spiro atoms. The van der Waals surface area contributed by atoms with Crippen LogP contribution < -0.4 is 10.6 Å². The van der Waals surface area contributed by atoms with Crippen molar-refractivity contribution in [3.63, 3.8) is 0 Å². The van der Waals surface area contributed by atoms with Crippen LogP contribution in [0.5, 0.6) is 0 Å². The fourth-order valence-corrected chi connectivity index (χ4v) is 2.37. The van der Waals surface area contributed by atoms with E-state index in [4.69, 9.17) is 4.74 Å². The molecule has 114 valence electrons. The Bertz CT molecular complexity index is 385. The highest BCUT2D eigenvalue weighted by atomic mass is 16.5. The van der Waals surface area contributed by atoms with Crippen molar-refractivity contribution in [1.82, 2.24) is 10.6 Å². The van der Waals surface area contributed by atoms with E-state index in [9.17, 15) is 19.5 Å². The van der Waals surface area contributed by atoms with Gasteiger partial charge in [0.1, 0.15) is 0 Å². The average Bonchev–Trinajstić information content (AvgIpc) is 2.72. The van der Waals surface area contributed by atoms with Crippen LogP contribution in [0.4, 0.5) is 4.79 Å². The minimum atomic E-state index is -0.918. The Hall–Kier alpha value is -1.79. The number of esters is 1. The largest absolute Gasteiger partial charge is 0.481 e. The van der Waals surface area contributed by atoms with Crippen LogP contribution in [0.2, 0.25) is 0 Å². The minimum Gasteiger partial charge on any atom is -0.481 e. The topological polar surface area (TPSA) is 105 Å². The van der Waals surface area contributed by atoms with Gasteiger partial charge in [0.05, 0.1) is 18.4 Å². The molecule has 3 N–H and O–H groups in total. The standard InChI is InChI=1S/C13H22N2O5/c1-3-20-10(16)6-8-14-12(19)15-9-5-4-7-13(9,2)11(17)18/h9H,3-8H2,1-2H3,(H,17,18)(H2,14,15,19). The maximum Gasteiger partial charge on any atom is 0.315 e. The van der Waals surface area contributed by atoms with Crippen molar-refractivity contribution in [3.05, 3.63) is 0 Å². The molecule has 1 aliphatic carbocycles. The van der Waals surface area contributed by atoms with Crippen molar-refractivity contribution >= 4 is 18.0 Å². The molecule has 2 amide bonds. The Labute approximate surface area is 118 Å². The molecule has 0 heterocycles. The van der Waals surface area contributed by atoms with Crippen LogP contribution in [-0.4, -0.2) is 42.3 Å². The van der Waals surface area contributed by atoms with Crippen LogP contribution in [-0.2, 0) is 14.3 Å². The lowest BCUT2D eigenvalue weighted by Crippen LogP contribution is -2.50. The van der Waals surface area contributed by atoms with Gasteiger partial charge in [0, 0.05) is 12.6 Å². The van der Waals surface area contributed by atoms with E-state index in [0.717, 1.165) is 6.42 Å². The average molecular weight is 286 g/mol. The van der Waals surface area contributed by atoms with Crippen molar-refractivity contribution in [2.24, 2.45) is 5.41 Å². The normalized spacial score (nSPS) is 25.0. The highest BCUT2D eigenvalue weighted by Crippen LogP contribution is 2.38. The molecule has 1 saturated carbocycles. The summed E-state index contributed by atoms with van der Waals surface area (Å²) in [4.78, 5) is 34.0. The molecule has 1 fully saturated rings. The molecule has 0 aromatic heterocycles. The van der Waals surface area contributed by atoms with Gasteiger partial charge in [-0.15, -0.1) is 0 Å². The van der Waals surface area contributed by atoms with E-state index in [-0.39, 0.29) is 25.0 Å². The van der Waals surface area contributed by atoms with E-state index >= 15 is 0 Å². The maximum absolute atomic E-state index is 11.7. The fourth-order valence-electron chi connectivity index (χ4n) is 2.37. The van der Waals surface area contributed by atoms with Crippen molar-refractivity contribution < 1.29 is 24.2 Å². The third-order valence-corrected chi connectivity index (χ3v) is 3.67. The first-order chi connectivity index (χ1) is 9.40. The first-order valence-corrected chi connectivity index (χ1v) is 6.83. The van der Waals surface area contributed by atoms with E-state index in [1.54, 1.807) is 13.8 Å². The first kappa shape index (κ1) is 16.3. The SMILES string of the molecule is CCOC(=O)CCNC(=O)NC1CCCC1(C)C(=O)O. The van der Waals surface area contributed by atoms with Crippen LogP contribution in [0, 0.1) is 5.41 Å². The van der Waals surface area contributed by atoms with Crippen molar-refractivity contribution in [3.8, 4) is 0 Å². The predicted octanol–water partition coefficient (Wildman–Crippen LogP) is 0.882. The Kier molecular flexibility index (Phi) is 5.79. The number of carbonyl (C=O) groups excluding carboxylic acids is 2. The molecule has 7 heteroatoms. The number of ether oxygens (including phenoxy) is 1. The van der Waals surface area contributed by atoms with Gasteiger partial charge in [-0.25, -0.2) is 4.79 Å². The second kappa shape index (κ2) is 7.12. The summed E-state index contributed by atoms with van der Waals surface area (Å²) in [7, 11) is 0. The molecule has 0 radical (unpaired) electrons. The zero-order valence-corrected chi connectivity index (χ0v) is 11.9. The number of carbonyl (C=O) groups is 3. The number of rotatable bonds is 6. The summed E-state index contributed by atoms with van der Waals surface area (Å²) in [6, 6.07) is -0.837. The summed E-state index contributed by atoms with van der Waals surface area (Å²) in [6.45, 7) is 3.84. The summed E-state index contributed by atoms with van der Waals surface area (Å²) in [5.41, 5.74) is -0.918. The summed E-state index contributed by atoms with van der Waals surface area (Å²) >= 11 is 0. The van der Waals surface area contributed by atoms with Crippen LogP contribution in [0.25, 0.3) is 0 Å². The van der Waals surface area contributed by atoms with Crippen LogP contribution in [0.1, 0.15) is 39.5 Å². The number of carboxylic acids is 1. The third-order valence-electron chi connectivity index (χ3n) is 3.67. The molecule has 0 aromatic rings. The molecule has 0 aromatic carbocycles. The van der Waals surface area contributed by atoms with E-state index in [2.05, 4.69) is 10.6 Å². The Morgan fingerprint density at radius 3 is 2.70 bits per heavy atom. The highest BCUT2D eigenvalue weighted by molar-refractivity contribution is 5.79. The van der Waals surface area contributed by atoms with Crippen LogP contribution >= 0.6 is 0 Å². The van der Waals surface area contributed by atoms with Gasteiger partial charge in [0.15, 0.2) is 0 Å². The number of urea groups is 1. The number of hydrogen-bond acceptors (Lipinski definition) is 4. The van der Waals surface area contributed by atoms with Gasteiger partial charge in [-0.2, -0.15) is 0 Å².